The lowest BCUT2D eigenvalue weighted by Gasteiger charge is -2.52. The van der Waals surface area contributed by atoms with Crippen molar-refractivity contribution in [3.8, 4) is 0 Å². The Balaban J connectivity index is 1.98. The smallest absolute Gasteiger partial charge is 0.410 e. The third-order valence-electron chi connectivity index (χ3n) is 9.11. The maximum absolute atomic E-state index is 13.4. The van der Waals surface area contributed by atoms with Crippen LogP contribution in [0, 0.1) is 0 Å². The first-order valence-electron chi connectivity index (χ1n) is 14.0. The summed E-state index contributed by atoms with van der Waals surface area (Å²) < 4.78 is 18.5. The van der Waals surface area contributed by atoms with Gasteiger partial charge in [-0.1, -0.05) is 54.6 Å². The van der Waals surface area contributed by atoms with E-state index in [9.17, 15) is 4.79 Å². The number of rotatable bonds is 5. The quantitative estimate of drug-likeness (QED) is 0.344. The molecule has 3 rings (SSSR count). The summed E-state index contributed by atoms with van der Waals surface area (Å²) in [5.74, 6) is 0. The van der Waals surface area contributed by atoms with Gasteiger partial charge in [-0.15, -0.1) is 0 Å². The van der Waals surface area contributed by atoms with Gasteiger partial charge in [0.2, 0.25) is 0 Å². The largest absolute Gasteiger partial charge is 0.462 e. The maximum atomic E-state index is 13.4. The van der Waals surface area contributed by atoms with Crippen LogP contribution in [-0.4, -0.2) is 58.3 Å². The van der Waals surface area contributed by atoms with Crippen molar-refractivity contribution in [2.45, 2.75) is 116 Å². The number of carbonyl (C=O) groups is 1. The Morgan fingerprint density at radius 3 is 2.16 bits per heavy atom. The van der Waals surface area contributed by atoms with Crippen molar-refractivity contribution < 1.29 is 18.4 Å². The molecule has 38 heavy (non-hydrogen) atoms. The molecule has 1 aromatic carbocycles. The standard InChI is InChI=1S/C30H52N2O4Si2/c1-28(2,3)36-27(33)32-16-15-31(20-25(32)37(10,11)29(4,5)6)24-19-22(18-23-14-17-34-26(23)24)21-35-38(12,13)30(7,8)9/h14,17-19,25H,15-16,20-21H2,1-13H3. The normalized spacial score (nSPS) is 18.3. The first-order chi connectivity index (χ1) is 17.1. The molecule has 0 aliphatic carbocycles. The Morgan fingerprint density at radius 2 is 1.61 bits per heavy atom. The second kappa shape index (κ2) is 10.3. The molecule has 1 aliphatic rings. The Labute approximate surface area is 233 Å². The number of hydrogen-bond donors (Lipinski definition) is 0. The number of furan rings is 1. The predicted octanol–water partition coefficient (Wildman–Crippen LogP) is 8.43. The molecule has 0 bridgehead atoms. The van der Waals surface area contributed by atoms with E-state index in [1.165, 1.54) is 0 Å². The highest BCUT2D eigenvalue weighted by Gasteiger charge is 2.49. The molecule has 1 atom stereocenters. The molecular formula is C30H52N2O4Si2. The van der Waals surface area contributed by atoms with Crippen LogP contribution in [0.15, 0.2) is 28.9 Å². The van der Waals surface area contributed by atoms with Gasteiger partial charge in [-0.2, -0.15) is 0 Å². The van der Waals surface area contributed by atoms with Crippen LogP contribution in [0.4, 0.5) is 10.5 Å². The summed E-state index contributed by atoms with van der Waals surface area (Å²) in [5.41, 5.74) is 2.74. The maximum Gasteiger partial charge on any atom is 0.410 e. The minimum Gasteiger partial charge on any atom is -0.462 e. The van der Waals surface area contributed by atoms with Crippen molar-refractivity contribution in [3.63, 3.8) is 0 Å². The molecule has 6 nitrogen and oxygen atoms in total. The average Bonchev–Trinajstić information content (AvgIpc) is 3.22. The minimum atomic E-state index is -1.97. The van der Waals surface area contributed by atoms with Gasteiger partial charge >= 0.3 is 6.09 Å². The van der Waals surface area contributed by atoms with Crippen LogP contribution in [0.5, 0.6) is 0 Å². The Kier molecular flexibility index (Phi) is 8.35. The number of ether oxygens (including phenoxy) is 1. The van der Waals surface area contributed by atoms with Gasteiger partial charge in [0.05, 0.1) is 26.6 Å². The number of carbonyl (C=O) groups excluding carboxylic acids is 1. The second-order valence-corrected chi connectivity index (χ2v) is 25.5. The van der Waals surface area contributed by atoms with Gasteiger partial charge < -0.3 is 23.4 Å². The highest BCUT2D eigenvalue weighted by Crippen LogP contribution is 2.43. The van der Waals surface area contributed by atoms with Gasteiger partial charge in [-0.3, -0.25) is 0 Å². The molecule has 2 heterocycles. The molecule has 1 fully saturated rings. The molecule has 2 aromatic rings. The van der Waals surface area contributed by atoms with Crippen LogP contribution in [0.1, 0.15) is 67.9 Å². The van der Waals surface area contributed by atoms with Crippen molar-refractivity contribution in [2.75, 3.05) is 24.5 Å². The molecule has 0 radical (unpaired) electrons. The van der Waals surface area contributed by atoms with Crippen LogP contribution < -0.4 is 4.90 Å². The summed E-state index contributed by atoms with van der Waals surface area (Å²) in [7, 11) is -3.86. The van der Waals surface area contributed by atoms with E-state index >= 15 is 0 Å². The highest BCUT2D eigenvalue weighted by atomic mass is 28.4. The van der Waals surface area contributed by atoms with Gasteiger partial charge in [-0.05, 0) is 67.7 Å². The van der Waals surface area contributed by atoms with E-state index in [0.717, 1.165) is 35.3 Å². The van der Waals surface area contributed by atoms with E-state index in [1.54, 1.807) is 6.26 Å². The van der Waals surface area contributed by atoms with Crippen molar-refractivity contribution >= 4 is 39.1 Å². The number of piperazine rings is 1. The van der Waals surface area contributed by atoms with Crippen LogP contribution >= 0.6 is 0 Å². The van der Waals surface area contributed by atoms with Gasteiger partial charge in [-0.25, -0.2) is 4.79 Å². The van der Waals surface area contributed by atoms with Gasteiger partial charge in [0, 0.05) is 30.7 Å². The first-order valence-corrected chi connectivity index (χ1v) is 20.0. The number of anilines is 1. The Morgan fingerprint density at radius 1 is 0.974 bits per heavy atom. The topological polar surface area (TPSA) is 55.2 Å². The summed E-state index contributed by atoms with van der Waals surface area (Å²) in [6, 6.07) is 6.47. The molecule has 8 heteroatoms. The highest BCUT2D eigenvalue weighted by molar-refractivity contribution is 6.81. The lowest BCUT2D eigenvalue weighted by molar-refractivity contribution is 0.0197. The van der Waals surface area contributed by atoms with E-state index in [2.05, 4.69) is 84.8 Å². The molecule has 1 unspecified atom stereocenters. The molecular weight excluding hydrogens is 509 g/mol. The van der Waals surface area contributed by atoms with Gasteiger partial charge in [0.25, 0.3) is 0 Å². The van der Waals surface area contributed by atoms with E-state index < -0.39 is 22.0 Å². The third kappa shape index (κ3) is 6.50. The number of nitrogens with zero attached hydrogens (tertiary/aromatic N) is 2. The monoisotopic (exact) mass is 560 g/mol. The lowest BCUT2D eigenvalue weighted by atomic mass is 10.1. The molecule has 0 N–H and O–H groups in total. The summed E-state index contributed by atoms with van der Waals surface area (Å²) in [6.07, 6.45) is 1.57. The fraction of sp³-hybridized carbons (Fsp3) is 0.700. The molecule has 1 aliphatic heterocycles. The Bertz CT molecular complexity index is 1140. The zero-order chi connectivity index (χ0) is 28.9. The fourth-order valence-corrected chi connectivity index (χ4v) is 8.23. The molecule has 0 saturated carbocycles. The van der Waals surface area contributed by atoms with Crippen molar-refractivity contribution in [2.24, 2.45) is 0 Å². The van der Waals surface area contributed by atoms with Crippen LogP contribution in [-0.2, 0) is 15.8 Å². The summed E-state index contributed by atoms with van der Waals surface area (Å²) >= 11 is 0. The summed E-state index contributed by atoms with van der Waals surface area (Å²) in [5, 5.41) is 1.36. The van der Waals surface area contributed by atoms with E-state index in [4.69, 9.17) is 13.6 Å². The SMILES string of the molecule is CC(C)(C)OC(=O)N1CCN(c2cc(CO[Si](C)(C)C(C)(C)C)cc3ccoc23)CC1[Si](C)(C)C(C)(C)C. The Hall–Kier alpha value is -1.78. The number of fused-ring (bicyclic) bond motifs is 1. The molecule has 214 valence electrons. The summed E-state index contributed by atoms with van der Waals surface area (Å²) in [4.78, 5) is 17.8. The average molecular weight is 561 g/mol. The third-order valence-corrected chi connectivity index (χ3v) is 19.6. The molecule has 1 saturated heterocycles. The van der Waals surface area contributed by atoms with Crippen molar-refractivity contribution in [3.05, 3.63) is 30.0 Å². The number of hydrogen-bond acceptors (Lipinski definition) is 5. The molecule has 0 spiro atoms. The van der Waals surface area contributed by atoms with Crippen LogP contribution in [0.25, 0.3) is 11.0 Å². The fourth-order valence-electron chi connectivity index (χ4n) is 4.58. The number of amides is 1. The number of benzene rings is 1. The predicted molar refractivity (Wildman–Crippen MR) is 164 cm³/mol. The van der Waals surface area contributed by atoms with Gasteiger partial charge in [0.1, 0.15) is 5.60 Å². The van der Waals surface area contributed by atoms with Gasteiger partial charge in [0.15, 0.2) is 13.9 Å². The molecule has 1 amide bonds. The minimum absolute atomic E-state index is 0.100. The molecule has 1 aromatic heterocycles. The summed E-state index contributed by atoms with van der Waals surface area (Å²) in [6.45, 7) is 31.7. The first kappa shape index (κ1) is 30.8. The van der Waals surface area contributed by atoms with Crippen LogP contribution in [0.3, 0.4) is 0 Å². The zero-order valence-corrected chi connectivity index (χ0v) is 28.2. The van der Waals surface area contributed by atoms with E-state index in [-0.39, 0.29) is 21.8 Å². The zero-order valence-electron chi connectivity index (χ0n) is 26.2. The lowest BCUT2D eigenvalue weighted by Crippen LogP contribution is -2.67. The van der Waals surface area contributed by atoms with Crippen molar-refractivity contribution in [1.29, 1.82) is 0 Å². The second-order valence-electron chi connectivity index (χ2n) is 15.1. The van der Waals surface area contributed by atoms with Crippen LogP contribution in [0.2, 0.25) is 36.3 Å². The van der Waals surface area contributed by atoms with E-state index in [1.807, 2.05) is 31.7 Å². The van der Waals surface area contributed by atoms with E-state index in [0.29, 0.717) is 13.2 Å². The van der Waals surface area contributed by atoms with Crippen molar-refractivity contribution in [1.82, 2.24) is 4.90 Å².